The number of anilines is 1. The maximum absolute atomic E-state index is 13.1. The van der Waals surface area contributed by atoms with Gasteiger partial charge >= 0.3 is 0 Å². The number of halogens is 1. The third-order valence-corrected chi connectivity index (χ3v) is 6.00. The number of pyridine rings is 1. The summed E-state index contributed by atoms with van der Waals surface area (Å²) < 4.78 is 18.7. The molecule has 1 atom stereocenters. The van der Waals surface area contributed by atoms with Crippen molar-refractivity contribution in [1.82, 2.24) is 9.88 Å². The molecule has 6 nitrogen and oxygen atoms in total. The average Bonchev–Trinajstić information content (AvgIpc) is 3.10. The van der Waals surface area contributed by atoms with Gasteiger partial charge in [0.1, 0.15) is 5.82 Å². The Balaban J connectivity index is 1.50. The van der Waals surface area contributed by atoms with Gasteiger partial charge in [-0.3, -0.25) is 14.6 Å². The highest BCUT2D eigenvalue weighted by molar-refractivity contribution is 5.94. The van der Waals surface area contributed by atoms with Gasteiger partial charge in [-0.15, -0.1) is 0 Å². The van der Waals surface area contributed by atoms with Crippen LogP contribution in [0.5, 0.6) is 0 Å². The predicted molar refractivity (Wildman–Crippen MR) is 106 cm³/mol. The lowest BCUT2D eigenvalue weighted by molar-refractivity contribution is -0.130. The van der Waals surface area contributed by atoms with Crippen molar-refractivity contribution >= 4 is 17.5 Å². The molecular formula is C22H24FN3O3. The van der Waals surface area contributed by atoms with Crippen molar-refractivity contribution in [1.29, 1.82) is 0 Å². The Morgan fingerprint density at radius 2 is 1.97 bits per heavy atom. The molecule has 152 valence electrons. The molecule has 0 aliphatic carbocycles. The summed E-state index contributed by atoms with van der Waals surface area (Å²) in [6.45, 7) is 2.11. The molecule has 3 heterocycles. The largest absolute Gasteiger partial charge is 0.381 e. The van der Waals surface area contributed by atoms with Crippen LogP contribution in [0.3, 0.4) is 0 Å². The fourth-order valence-corrected chi connectivity index (χ4v) is 4.36. The van der Waals surface area contributed by atoms with E-state index in [9.17, 15) is 14.0 Å². The molecule has 0 bridgehead atoms. The Bertz CT molecular complexity index is 867. The van der Waals surface area contributed by atoms with Crippen LogP contribution in [0.2, 0.25) is 0 Å². The second-order valence-electron chi connectivity index (χ2n) is 7.84. The third kappa shape index (κ3) is 4.29. The molecule has 1 spiro atoms. The lowest BCUT2D eigenvalue weighted by Crippen LogP contribution is -2.42. The van der Waals surface area contributed by atoms with Crippen LogP contribution in [-0.4, -0.2) is 48.0 Å². The van der Waals surface area contributed by atoms with Crippen molar-refractivity contribution in [2.24, 2.45) is 11.3 Å². The van der Waals surface area contributed by atoms with Crippen LogP contribution >= 0.6 is 0 Å². The summed E-state index contributed by atoms with van der Waals surface area (Å²) in [4.78, 5) is 31.8. The summed E-state index contributed by atoms with van der Waals surface area (Å²) in [7, 11) is 0. The first-order chi connectivity index (χ1) is 14.1. The number of hydrogen-bond acceptors (Lipinski definition) is 4. The zero-order chi connectivity index (χ0) is 20.3. The maximum Gasteiger partial charge on any atom is 0.229 e. The highest BCUT2D eigenvalue weighted by atomic mass is 19.1. The lowest BCUT2D eigenvalue weighted by atomic mass is 9.71. The van der Waals surface area contributed by atoms with Crippen LogP contribution in [0.25, 0.3) is 0 Å². The third-order valence-electron chi connectivity index (χ3n) is 6.00. The number of likely N-dealkylation sites (tertiary alicyclic amines) is 1. The number of carbonyl (C=O) groups is 2. The van der Waals surface area contributed by atoms with E-state index in [1.807, 2.05) is 0 Å². The van der Waals surface area contributed by atoms with E-state index in [0.29, 0.717) is 32.0 Å². The number of benzene rings is 1. The molecule has 1 aromatic carbocycles. The molecule has 0 radical (unpaired) electrons. The van der Waals surface area contributed by atoms with Gasteiger partial charge < -0.3 is 15.0 Å². The van der Waals surface area contributed by atoms with Crippen LogP contribution in [-0.2, 0) is 20.7 Å². The minimum absolute atomic E-state index is 0.0425. The fraction of sp³-hybridized carbons (Fsp3) is 0.409. The lowest BCUT2D eigenvalue weighted by Gasteiger charge is -2.37. The van der Waals surface area contributed by atoms with Crippen molar-refractivity contribution in [3.63, 3.8) is 0 Å². The van der Waals surface area contributed by atoms with Gasteiger partial charge in [-0.25, -0.2) is 4.39 Å². The Kier molecular flexibility index (Phi) is 5.58. The first-order valence-corrected chi connectivity index (χ1v) is 9.87. The van der Waals surface area contributed by atoms with E-state index >= 15 is 0 Å². The number of rotatable bonds is 4. The van der Waals surface area contributed by atoms with Crippen molar-refractivity contribution in [3.8, 4) is 0 Å². The van der Waals surface area contributed by atoms with E-state index in [1.165, 1.54) is 12.1 Å². The van der Waals surface area contributed by atoms with Gasteiger partial charge in [-0.05, 0) is 42.7 Å². The van der Waals surface area contributed by atoms with E-state index in [-0.39, 0.29) is 35.4 Å². The Morgan fingerprint density at radius 1 is 1.21 bits per heavy atom. The molecular weight excluding hydrogens is 373 g/mol. The molecule has 2 aromatic rings. The first kappa shape index (κ1) is 19.5. The van der Waals surface area contributed by atoms with Crippen molar-refractivity contribution in [2.45, 2.75) is 19.3 Å². The van der Waals surface area contributed by atoms with E-state index in [4.69, 9.17) is 4.74 Å². The molecule has 2 fully saturated rings. The fourth-order valence-electron chi connectivity index (χ4n) is 4.36. The maximum atomic E-state index is 13.1. The monoisotopic (exact) mass is 397 g/mol. The minimum atomic E-state index is -0.323. The summed E-state index contributed by atoms with van der Waals surface area (Å²) in [5, 5.41) is 2.95. The number of carbonyl (C=O) groups excluding carboxylic acids is 2. The smallest absolute Gasteiger partial charge is 0.229 e. The highest BCUT2D eigenvalue weighted by Gasteiger charge is 2.51. The van der Waals surface area contributed by atoms with Crippen LogP contribution in [0.4, 0.5) is 10.1 Å². The van der Waals surface area contributed by atoms with E-state index in [2.05, 4.69) is 10.3 Å². The molecule has 2 aliphatic heterocycles. The molecule has 0 saturated carbocycles. The van der Waals surface area contributed by atoms with Crippen molar-refractivity contribution in [2.75, 3.05) is 31.6 Å². The van der Waals surface area contributed by atoms with Crippen molar-refractivity contribution < 1.29 is 18.7 Å². The number of amides is 2. The molecule has 2 aliphatic rings. The second-order valence-corrected chi connectivity index (χ2v) is 7.84. The van der Waals surface area contributed by atoms with E-state index in [0.717, 1.165) is 18.4 Å². The molecule has 1 N–H and O–H groups in total. The second kappa shape index (κ2) is 8.29. The topological polar surface area (TPSA) is 71.5 Å². The van der Waals surface area contributed by atoms with Gasteiger partial charge in [0.25, 0.3) is 0 Å². The summed E-state index contributed by atoms with van der Waals surface area (Å²) in [5.41, 5.74) is 1.14. The normalized spacial score (nSPS) is 20.6. The number of nitrogens with one attached hydrogen (secondary N) is 1. The molecule has 0 unspecified atom stereocenters. The summed E-state index contributed by atoms with van der Waals surface area (Å²) in [6.07, 6.45) is 4.96. The van der Waals surface area contributed by atoms with Gasteiger partial charge in [0.15, 0.2) is 0 Å². The van der Waals surface area contributed by atoms with E-state index < -0.39 is 0 Å². The van der Waals surface area contributed by atoms with Gasteiger partial charge in [-0.2, -0.15) is 0 Å². The number of hydrogen-bond donors (Lipinski definition) is 1. The minimum Gasteiger partial charge on any atom is -0.381 e. The average molecular weight is 397 g/mol. The zero-order valence-corrected chi connectivity index (χ0v) is 16.1. The van der Waals surface area contributed by atoms with Gasteiger partial charge in [0, 0.05) is 37.9 Å². The molecule has 1 aromatic heterocycles. The zero-order valence-electron chi connectivity index (χ0n) is 16.1. The molecule has 2 saturated heterocycles. The van der Waals surface area contributed by atoms with Crippen LogP contribution in [0.1, 0.15) is 18.4 Å². The summed E-state index contributed by atoms with van der Waals surface area (Å²) >= 11 is 0. The van der Waals surface area contributed by atoms with Crippen LogP contribution in [0, 0.1) is 17.2 Å². The Hall–Kier alpha value is -2.80. The highest BCUT2D eigenvalue weighted by Crippen LogP contribution is 2.45. The van der Waals surface area contributed by atoms with E-state index in [1.54, 1.807) is 41.6 Å². The predicted octanol–water partition coefficient (Wildman–Crippen LogP) is 2.66. The quantitative estimate of drug-likeness (QED) is 0.861. The summed E-state index contributed by atoms with van der Waals surface area (Å²) in [5.74, 6) is -0.754. The van der Waals surface area contributed by atoms with Crippen LogP contribution in [0.15, 0.2) is 48.8 Å². The first-order valence-electron chi connectivity index (χ1n) is 9.87. The molecule has 2 amide bonds. The number of ether oxygens (including phenoxy) is 1. The number of nitrogens with zero attached hydrogens (tertiary/aromatic N) is 2. The standard InChI is InChI=1S/C22H24FN3O3/c23-17-5-3-16(4-6-17)12-20(27)26-14-19(22(15-26)7-10-29-11-8-22)21(28)25-18-2-1-9-24-13-18/h1-6,9,13,19H,7-8,10-12,14-15H2,(H,25,28)/t19-/m1/s1. The van der Waals surface area contributed by atoms with Gasteiger partial charge in [0.05, 0.1) is 24.2 Å². The van der Waals surface area contributed by atoms with Crippen LogP contribution < -0.4 is 5.32 Å². The Labute approximate surface area is 169 Å². The van der Waals surface area contributed by atoms with Gasteiger partial charge in [-0.1, -0.05) is 12.1 Å². The summed E-state index contributed by atoms with van der Waals surface area (Å²) in [6, 6.07) is 9.54. The number of aromatic nitrogens is 1. The molecule has 29 heavy (non-hydrogen) atoms. The van der Waals surface area contributed by atoms with Crippen molar-refractivity contribution in [3.05, 3.63) is 60.2 Å². The SMILES string of the molecule is O=C(Nc1cccnc1)[C@H]1CN(C(=O)Cc2ccc(F)cc2)CC12CCOCC2. The Morgan fingerprint density at radius 3 is 2.66 bits per heavy atom. The molecule has 7 heteroatoms. The van der Waals surface area contributed by atoms with Gasteiger partial charge in [0.2, 0.25) is 11.8 Å². The molecule has 4 rings (SSSR count).